The first-order valence-corrected chi connectivity index (χ1v) is 8.17. The summed E-state index contributed by atoms with van der Waals surface area (Å²) in [6, 6.07) is 6.63. The summed E-state index contributed by atoms with van der Waals surface area (Å²) >= 11 is 5.94. The number of fused-ring (bicyclic) bond motifs is 1. The Kier molecular flexibility index (Phi) is 3.34. The van der Waals surface area contributed by atoms with Crippen LogP contribution in [0.25, 0.3) is 0 Å². The van der Waals surface area contributed by atoms with Crippen LogP contribution in [0.15, 0.2) is 49.1 Å². The van der Waals surface area contributed by atoms with E-state index in [1.807, 2.05) is 6.08 Å². The Bertz CT molecular complexity index is 759. The summed E-state index contributed by atoms with van der Waals surface area (Å²) in [4.78, 5) is 26.5. The fourth-order valence-electron chi connectivity index (χ4n) is 4.29. The number of nitrogens with zero attached hydrogens (tertiary/aromatic N) is 1. The van der Waals surface area contributed by atoms with E-state index in [4.69, 9.17) is 16.3 Å². The molecule has 2 bridgehead atoms. The molecule has 1 aromatic rings. The molecule has 5 nitrogen and oxygen atoms in total. The number of aliphatic carboxylic acids is 1. The molecule has 4 rings (SSSR count). The molecule has 5 atom stereocenters. The maximum atomic E-state index is 13.1. The van der Waals surface area contributed by atoms with E-state index in [1.165, 1.54) is 0 Å². The highest BCUT2D eigenvalue weighted by molar-refractivity contribution is 6.30. The number of amides is 1. The van der Waals surface area contributed by atoms with Crippen LogP contribution < -0.4 is 4.90 Å². The van der Waals surface area contributed by atoms with Crippen LogP contribution in [0, 0.1) is 11.8 Å². The molecule has 2 fully saturated rings. The summed E-state index contributed by atoms with van der Waals surface area (Å²) < 4.78 is 6.04. The molecule has 3 aliphatic rings. The monoisotopic (exact) mass is 345 g/mol. The molecule has 1 amide bonds. The zero-order chi connectivity index (χ0) is 17.1. The molecule has 0 unspecified atom stereocenters. The second-order valence-corrected chi connectivity index (χ2v) is 6.80. The van der Waals surface area contributed by atoms with E-state index in [1.54, 1.807) is 41.3 Å². The summed E-state index contributed by atoms with van der Waals surface area (Å²) in [5, 5.41) is 10.2. The van der Waals surface area contributed by atoms with Gasteiger partial charge in [0.05, 0.1) is 18.1 Å². The van der Waals surface area contributed by atoms with Crippen LogP contribution in [0.2, 0.25) is 5.02 Å². The van der Waals surface area contributed by atoms with Crippen LogP contribution in [-0.4, -0.2) is 34.7 Å². The van der Waals surface area contributed by atoms with Crippen molar-refractivity contribution >= 4 is 29.2 Å². The van der Waals surface area contributed by atoms with Gasteiger partial charge < -0.3 is 14.7 Å². The number of anilines is 1. The first-order valence-electron chi connectivity index (χ1n) is 7.79. The van der Waals surface area contributed by atoms with E-state index < -0.39 is 29.5 Å². The van der Waals surface area contributed by atoms with Crippen LogP contribution in [0.4, 0.5) is 5.69 Å². The minimum absolute atomic E-state index is 0.219. The van der Waals surface area contributed by atoms with Gasteiger partial charge in [0.25, 0.3) is 0 Å². The summed E-state index contributed by atoms with van der Waals surface area (Å²) in [5.41, 5.74) is -0.219. The average molecular weight is 346 g/mol. The molecule has 1 aromatic carbocycles. The maximum absolute atomic E-state index is 13.1. The van der Waals surface area contributed by atoms with Crippen molar-refractivity contribution in [3.05, 3.63) is 54.1 Å². The van der Waals surface area contributed by atoms with Crippen LogP contribution in [-0.2, 0) is 14.3 Å². The van der Waals surface area contributed by atoms with E-state index in [2.05, 4.69) is 6.58 Å². The van der Waals surface area contributed by atoms with Gasteiger partial charge in [-0.15, -0.1) is 6.58 Å². The van der Waals surface area contributed by atoms with E-state index in [0.717, 1.165) is 0 Å². The van der Waals surface area contributed by atoms with Gasteiger partial charge in [0.15, 0.2) is 0 Å². The first kappa shape index (κ1) is 15.4. The molecule has 24 heavy (non-hydrogen) atoms. The Morgan fingerprint density at radius 1 is 1.42 bits per heavy atom. The molecule has 0 saturated carbocycles. The molecule has 0 radical (unpaired) electrons. The third kappa shape index (κ3) is 1.85. The fraction of sp³-hybridized carbons (Fsp3) is 0.333. The van der Waals surface area contributed by atoms with Crippen LogP contribution >= 0.6 is 11.6 Å². The van der Waals surface area contributed by atoms with E-state index in [9.17, 15) is 14.7 Å². The normalized spacial score (nSPS) is 36.2. The number of carboxylic acids is 1. The van der Waals surface area contributed by atoms with E-state index in [0.29, 0.717) is 17.1 Å². The van der Waals surface area contributed by atoms with E-state index >= 15 is 0 Å². The van der Waals surface area contributed by atoms with Gasteiger partial charge in [0.1, 0.15) is 11.5 Å². The first-order chi connectivity index (χ1) is 11.5. The van der Waals surface area contributed by atoms with Crippen molar-refractivity contribution in [3.8, 4) is 0 Å². The molecule has 3 aliphatic heterocycles. The maximum Gasteiger partial charge on any atom is 0.310 e. The SMILES string of the molecule is C=CC[C@H]1N(c2ccc(Cl)cc2)C(=O)[C@H]2[C@H](C(=O)O)[C@H]3C=C[C@]21O3. The number of hydrogen-bond donors (Lipinski definition) is 1. The Labute approximate surface area is 144 Å². The molecule has 2 saturated heterocycles. The molecule has 3 heterocycles. The molecule has 124 valence electrons. The lowest BCUT2D eigenvalue weighted by atomic mass is 9.74. The third-order valence-electron chi connectivity index (χ3n) is 5.20. The van der Waals surface area contributed by atoms with Crippen molar-refractivity contribution in [2.45, 2.75) is 24.2 Å². The van der Waals surface area contributed by atoms with Gasteiger partial charge >= 0.3 is 5.97 Å². The lowest BCUT2D eigenvalue weighted by molar-refractivity contribution is -0.146. The quantitative estimate of drug-likeness (QED) is 0.852. The van der Waals surface area contributed by atoms with Gasteiger partial charge in [-0.2, -0.15) is 0 Å². The molecule has 6 heteroatoms. The molecule has 1 spiro atoms. The van der Waals surface area contributed by atoms with Gasteiger partial charge in [-0.3, -0.25) is 9.59 Å². The van der Waals surface area contributed by atoms with Crippen molar-refractivity contribution < 1.29 is 19.4 Å². The van der Waals surface area contributed by atoms with Gasteiger partial charge in [-0.1, -0.05) is 29.8 Å². The van der Waals surface area contributed by atoms with Gasteiger partial charge in [0, 0.05) is 10.7 Å². The summed E-state index contributed by atoms with van der Waals surface area (Å²) in [6.45, 7) is 3.78. The number of rotatable bonds is 4. The largest absolute Gasteiger partial charge is 0.481 e. The summed E-state index contributed by atoms with van der Waals surface area (Å²) in [7, 11) is 0. The lowest BCUT2D eigenvalue weighted by Crippen LogP contribution is -2.45. The van der Waals surface area contributed by atoms with Gasteiger partial charge in [-0.05, 0) is 30.7 Å². The second kappa shape index (κ2) is 5.19. The molecule has 0 aliphatic carbocycles. The summed E-state index contributed by atoms with van der Waals surface area (Å²) in [5.74, 6) is -2.79. The third-order valence-corrected chi connectivity index (χ3v) is 5.45. The molecular formula is C18H16ClNO4. The highest BCUT2D eigenvalue weighted by Gasteiger charge is 2.71. The van der Waals surface area contributed by atoms with Gasteiger partial charge in [-0.25, -0.2) is 0 Å². The Balaban J connectivity index is 1.83. The van der Waals surface area contributed by atoms with Crippen molar-refractivity contribution in [2.24, 2.45) is 11.8 Å². The highest BCUT2D eigenvalue weighted by Crippen LogP contribution is 2.56. The average Bonchev–Trinajstić information content (AvgIpc) is 3.18. The smallest absolute Gasteiger partial charge is 0.310 e. The Hall–Kier alpha value is -2.11. The number of carbonyl (C=O) groups is 2. The van der Waals surface area contributed by atoms with Crippen LogP contribution in [0.5, 0.6) is 0 Å². The highest BCUT2D eigenvalue weighted by atomic mass is 35.5. The second-order valence-electron chi connectivity index (χ2n) is 6.36. The number of carboxylic acid groups (broad SMARTS) is 1. The van der Waals surface area contributed by atoms with Crippen molar-refractivity contribution in [3.63, 3.8) is 0 Å². The zero-order valence-electron chi connectivity index (χ0n) is 12.8. The van der Waals surface area contributed by atoms with Crippen molar-refractivity contribution in [2.75, 3.05) is 4.90 Å². The number of hydrogen-bond acceptors (Lipinski definition) is 3. The fourth-order valence-corrected chi connectivity index (χ4v) is 4.41. The number of carbonyl (C=O) groups excluding carboxylic acids is 1. The predicted molar refractivity (Wildman–Crippen MR) is 88.9 cm³/mol. The lowest BCUT2D eigenvalue weighted by Gasteiger charge is -2.32. The topological polar surface area (TPSA) is 66.8 Å². The van der Waals surface area contributed by atoms with Crippen molar-refractivity contribution in [1.29, 1.82) is 0 Å². The predicted octanol–water partition coefficient (Wildman–Crippen LogP) is 2.66. The molecule has 1 N–H and O–H groups in total. The minimum Gasteiger partial charge on any atom is -0.481 e. The standard InChI is InChI=1S/C18H16ClNO4/c1-2-3-13-18-9-8-12(24-18)14(17(22)23)15(18)16(21)20(13)11-6-4-10(19)5-7-11/h2,4-9,12-15H,1,3H2,(H,22,23)/t12-,13-,14-,15-,18-/m1/s1. The van der Waals surface area contributed by atoms with Gasteiger partial charge in [0.2, 0.25) is 5.91 Å². The van der Waals surface area contributed by atoms with Crippen molar-refractivity contribution in [1.82, 2.24) is 0 Å². The van der Waals surface area contributed by atoms with E-state index in [-0.39, 0.29) is 11.9 Å². The van der Waals surface area contributed by atoms with Crippen LogP contribution in [0.3, 0.4) is 0 Å². The molecular weight excluding hydrogens is 330 g/mol. The minimum atomic E-state index is -1.00. The Morgan fingerprint density at radius 2 is 2.12 bits per heavy atom. The zero-order valence-corrected chi connectivity index (χ0v) is 13.5. The van der Waals surface area contributed by atoms with Crippen LogP contribution in [0.1, 0.15) is 6.42 Å². The number of halogens is 1. The number of benzene rings is 1. The summed E-state index contributed by atoms with van der Waals surface area (Å²) in [6.07, 6.45) is 5.33. The molecule has 0 aromatic heterocycles. The Morgan fingerprint density at radius 3 is 2.75 bits per heavy atom. The number of ether oxygens (including phenoxy) is 1.